The van der Waals surface area contributed by atoms with E-state index in [0.29, 0.717) is 17.5 Å². The predicted octanol–water partition coefficient (Wildman–Crippen LogP) is 3.22. The Morgan fingerprint density at radius 2 is 2.08 bits per heavy atom. The van der Waals surface area contributed by atoms with Crippen LogP contribution in [0.3, 0.4) is 0 Å². The predicted molar refractivity (Wildman–Crippen MR) is 95.8 cm³/mol. The van der Waals surface area contributed by atoms with Gasteiger partial charge in [-0.25, -0.2) is 4.39 Å². The number of carbonyl (C=O) groups is 1. The number of carbonyl (C=O) groups excluding carboxylic acids is 1. The molecule has 1 aromatic carbocycles. The SMILES string of the molecule is CNC1CCC(n2cc(C(N)=O)c(Nc3ccc(Cl)c(F)c3)n2)CC1. The van der Waals surface area contributed by atoms with E-state index in [1.807, 2.05) is 7.05 Å². The third-order valence-corrected chi connectivity index (χ3v) is 4.97. The molecule has 1 aliphatic carbocycles. The van der Waals surface area contributed by atoms with Crippen LogP contribution < -0.4 is 16.4 Å². The van der Waals surface area contributed by atoms with E-state index in [2.05, 4.69) is 15.7 Å². The Kier molecular flexibility index (Phi) is 5.24. The van der Waals surface area contributed by atoms with Gasteiger partial charge in [-0.15, -0.1) is 0 Å². The van der Waals surface area contributed by atoms with Crippen LogP contribution in [0.15, 0.2) is 24.4 Å². The van der Waals surface area contributed by atoms with E-state index in [9.17, 15) is 9.18 Å². The topological polar surface area (TPSA) is 85.0 Å². The first-order valence-electron chi connectivity index (χ1n) is 8.26. The summed E-state index contributed by atoms with van der Waals surface area (Å²) in [4.78, 5) is 11.8. The molecule has 1 heterocycles. The van der Waals surface area contributed by atoms with Crippen LogP contribution in [-0.4, -0.2) is 28.8 Å². The van der Waals surface area contributed by atoms with Gasteiger partial charge in [-0.3, -0.25) is 9.48 Å². The summed E-state index contributed by atoms with van der Waals surface area (Å²) in [5.41, 5.74) is 6.21. The zero-order chi connectivity index (χ0) is 18.0. The number of hydrogen-bond donors (Lipinski definition) is 3. The summed E-state index contributed by atoms with van der Waals surface area (Å²) in [7, 11) is 1.97. The molecule has 0 unspecified atom stereocenters. The molecule has 25 heavy (non-hydrogen) atoms. The summed E-state index contributed by atoms with van der Waals surface area (Å²) < 4.78 is 15.4. The summed E-state index contributed by atoms with van der Waals surface area (Å²) in [6.07, 6.45) is 5.72. The van der Waals surface area contributed by atoms with E-state index >= 15 is 0 Å². The number of hydrogen-bond acceptors (Lipinski definition) is 4. The van der Waals surface area contributed by atoms with E-state index in [-0.39, 0.29) is 16.6 Å². The summed E-state index contributed by atoms with van der Waals surface area (Å²) in [6, 6.07) is 5.06. The number of rotatable bonds is 5. The third kappa shape index (κ3) is 3.93. The molecule has 1 fully saturated rings. The van der Waals surface area contributed by atoms with Crippen LogP contribution in [0, 0.1) is 5.82 Å². The molecule has 0 radical (unpaired) electrons. The lowest BCUT2D eigenvalue weighted by atomic mass is 9.91. The van der Waals surface area contributed by atoms with Crippen molar-refractivity contribution in [3.63, 3.8) is 0 Å². The van der Waals surface area contributed by atoms with Crippen LogP contribution in [-0.2, 0) is 0 Å². The zero-order valence-electron chi connectivity index (χ0n) is 13.9. The molecule has 8 heteroatoms. The van der Waals surface area contributed by atoms with Gasteiger partial charge in [0.15, 0.2) is 5.82 Å². The smallest absolute Gasteiger partial charge is 0.254 e. The largest absolute Gasteiger partial charge is 0.365 e. The van der Waals surface area contributed by atoms with Gasteiger partial charge < -0.3 is 16.4 Å². The summed E-state index contributed by atoms with van der Waals surface area (Å²) >= 11 is 5.69. The fourth-order valence-electron chi connectivity index (χ4n) is 3.19. The molecule has 6 nitrogen and oxygen atoms in total. The van der Waals surface area contributed by atoms with Crippen LogP contribution in [0.2, 0.25) is 5.02 Å². The molecule has 0 atom stereocenters. The summed E-state index contributed by atoms with van der Waals surface area (Å²) in [6.45, 7) is 0. The minimum Gasteiger partial charge on any atom is -0.365 e. The summed E-state index contributed by atoms with van der Waals surface area (Å²) in [5.74, 6) is -0.797. The molecule has 3 rings (SSSR count). The maximum absolute atomic E-state index is 13.6. The lowest BCUT2D eigenvalue weighted by molar-refractivity contribution is 0.100. The Labute approximate surface area is 150 Å². The van der Waals surface area contributed by atoms with Crippen molar-refractivity contribution < 1.29 is 9.18 Å². The second-order valence-corrected chi connectivity index (χ2v) is 6.69. The first-order chi connectivity index (χ1) is 12.0. The number of primary amides is 1. The normalized spacial score (nSPS) is 20.4. The standard InChI is InChI=1S/C17H21ClFN5O/c1-21-10-2-5-12(6-3-10)24-9-13(16(20)25)17(23-24)22-11-4-7-14(18)15(19)8-11/h4,7-10,12,21H,2-3,5-6H2,1H3,(H2,20,25)(H,22,23). The number of halogens is 2. The maximum atomic E-state index is 13.6. The van der Waals surface area contributed by atoms with Gasteiger partial charge in [-0.2, -0.15) is 5.10 Å². The second-order valence-electron chi connectivity index (χ2n) is 6.28. The Morgan fingerprint density at radius 3 is 2.68 bits per heavy atom. The number of aromatic nitrogens is 2. The first-order valence-corrected chi connectivity index (χ1v) is 8.64. The minimum atomic E-state index is -0.577. The highest BCUT2D eigenvalue weighted by Crippen LogP contribution is 2.30. The Balaban J connectivity index is 1.82. The fraction of sp³-hybridized carbons (Fsp3) is 0.412. The van der Waals surface area contributed by atoms with Gasteiger partial charge in [0, 0.05) is 17.9 Å². The van der Waals surface area contributed by atoms with Crippen LogP contribution in [0.25, 0.3) is 0 Å². The second kappa shape index (κ2) is 7.41. The van der Waals surface area contributed by atoms with E-state index in [4.69, 9.17) is 17.3 Å². The van der Waals surface area contributed by atoms with Crippen molar-refractivity contribution in [1.29, 1.82) is 0 Å². The van der Waals surface area contributed by atoms with E-state index in [0.717, 1.165) is 25.7 Å². The molecule has 1 aliphatic rings. The fourth-order valence-corrected chi connectivity index (χ4v) is 3.31. The van der Waals surface area contributed by atoms with Gasteiger partial charge in [0.25, 0.3) is 5.91 Å². The van der Waals surface area contributed by atoms with Crippen LogP contribution in [0.1, 0.15) is 42.1 Å². The third-order valence-electron chi connectivity index (χ3n) is 4.66. The van der Waals surface area contributed by atoms with E-state index in [1.165, 1.54) is 12.1 Å². The van der Waals surface area contributed by atoms with Gasteiger partial charge >= 0.3 is 0 Å². The molecule has 4 N–H and O–H groups in total. The van der Waals surface area contributed by atoms with Gasteiger partial charge in [-0.1, -0.05) is 11.6 Å². The van der Waals surface area contributed by atoms with Crippen molar-refractivity contribution in [3.8, 4) is 0 Å². The molecular formula is C17H21ClFN5O. The van der Waals surface area contributed by atoms with Crippen LogP contribution >= 0.6 is 11.6 Å². The van der Waals surface area contributed by atoms with Crippen LogP contribution in [0.5, 0.6) is 0 Å². The van der Waals surface area contributed by atoms with Crippen molar-refractivity contribution in [2.75, 3.05) is 12.4 Å². The molecule has 2 aromatic rings. The molecule has 1 amide bonds. The molecule has 134 valence electrons. The average Bonchev–Trinajstić information content (AvgIpc) is 3.02. The van der Waals surface area contributed by atoms with Crippen LogP contribution in [0.4, 0.5) is 15.9 Å². The lowest BCUT2D eigenvalue weighted by Crippen LogP contribution is -2.31. The van der Waals surface area contributed by atoms with Gasteiger partial charge in [0.1, 0.15) is 11.4 Å². The lowest BCUT2D eigenvalue weighted by Gasteiger charge is -2.28. The number of nitrogens with two attached hydrogens (primary N) is 1. The highest BCUT2D eigenvalue weighted by Gasteiger charge is 2.24. The minimum absolute atomic E-state index is 0.0347. The van der Waals surface area contributed by atoms with Gasteiger partial charge in [0.05, 0.1) is 11.1 Å². The van der Waals surface area contributed by atoms with Gasteiger partial charge in [-0.05, 0) is 50.9 Å². The Hall–Kier alpha value is -2.12. The van der Waals surface area contributed by atoms with Gasteiger partial charge in [0.2, 0.25) is 0 Å². The Bertz CT molecular complexity index is 770. The quantitative estimate of drug-likeness (QED) is 0.759. The molecule has 1 saturated carbocycles. The summed E-state index contributed by atoms with van der Waals surface area (Å²) in [5, 5.41) is 10.8. The van der Waals surface area contributed by atoms with E-state index in [1.54, 1.807) is 16.9 Å². The van der Waals surface area contributed by atoms with Crippen molar-refractivity contribution in [3.05, 3.63) is 40.8 Å². The number of nitrogens with zero attached hydrogens (tertiary/aromatic N) is 2. The number of benzene rings is 1. The molecular weight excluding hydrogens is 345 g/mol. The number of anilines is 2. The first kappa shape index (κ1) is 17.7. The van der Waals surface area contributed by atoms with E-state index < -0.39 is 11.7 Å². The highest BCUT2D eigenvalue weighted by atomic mass is 35.5. The molecule has 0 aliphatic heterocycles. The van der Waals surface area contributed by atoms with Crippen molar-refractivity contribution >= 4 is 29.0 Å². The van der Waals surface area contributed by atoms with Crippen molar-refractivity contribution in [1.82, 2.24) is 15.1 Å². The molecule has 0 spiro atoms. The molecule has 0 bridgehead atoms. The monoisotopic (exact) mass is 365 g/mol. The average molecular weight is 366 g/mol. The van der Waals surface area contributed by atoms with Crippen molar-refractivity contribution in [2.24, 2.45) is 5.73 Å². The highest BCUT2D eigenvalue weighted by molar-refractivity contribution is 6.30. The number of amides is 1. The molecule has 1 aromatic heterocycles. The molecule has 0 saturated heterocycles. The maximum Gasteiger partial charge on any atom is 0.254 e. The van der Waals surface area contributed by atoms with Crippen molar-refractivity contribution in [2.45, 2.75) is 37.8 Å². The zero-order valence-corrected chi connectivity index (χ0v) is 14.7. The number of nitrogens with one attached hydrogen (secondary N) is 2. The Morgan fingerprint density at radius 1 is 1.36 bits per heavy atom.